The summed E-state index contributed by atoms with van der Waals surface area (Å²) in [7, 11) is 0. The van der Waals surface area contributed by atoms with Crippen molar-refractivity contribution in [2.45, 2.75) is 52.7 Å². The third-order valence-corrected chi connectivity index (χ3v) is 4.63. The van der Waals surface area contributed by atoms with Gasteiger partial charge in [0.25, 0.3) is 5.91 Å². The molecule has 1 aliphatic heterocycles. The SMILES string of the molecule is Cc1cc(Cl)ccc1OC(C)C(=O)N1CCC(C(=O)NC(C)C)CC1. The van der Waals surface area contributed by atoms with Crippen LogP contribution in [0.15, 0.2) is 18.2 Å². The molecular weight excluding hydrogens is 340 g/mol. The number of ether oxygens (including phenoxy) is 1. The van der Waals surface area contributed by atoms with Gasteiger partial charge in [0.2, 0.25) is 5.91 Å². The Morgan fingerprint density at radius 3 is 2.44 bits per heavy atom. The Hall–Kier alpha value is -1.75. The number of carbonyl (C=O) groups excluding carboxylic acids is 2. The van der Waals surface area contributed by atoms with Crippen LogP contribution in [-0.2, 0) is 9.59 Å². The first-order chi connectivity index (χ1) is 11.8. The topological polar surface area (TPSA) is 58.6 Å². The number of amides is 2. The summed E-state index contributed by atoms with van der Waals surface area (Å²) in [5, 5.41) is 3.59. The third-order valence-electron chi connectivity index (χ3n) is 4.40. The lowest BCUT2D eigenvalue weighted by Crippen LogP contribution is -2.47. The molecule has 6 heteroatoms. The van der Waals surface area contributed by atoms with Crippen LogP contribution in [0.3, 0.4) is 0 Å². The molecule has 1 aliphatic rings. The van der Waals surface area contributed by atoms with Gasteiger partial charge >= 0.3 is 0 Å². The zero-order valence-electron chi connectivity index (χ0n) is 15.3. The van der Waals surface area contributed by atoms with Crippen molar-refractivity contribution >= 4 is 23.4 Å². The molecule has 1 heterocycles. The molecule has 1 aromatic rings. The summed E-state index contributed by atoms with van der Waals surface area (Å²) >= 11 is 5.95. The number of nitrogens with one attached hydrogen (secondary N) is 1. The number of carbonyl (C=O) groups is 2. The maximum atomic E-state index is 12.6. The summed E-state index contributed by atoms with van der Waals surface area (Å²) in [6.07, 6.45) is 0.814. The van der Waals surface area contributed by atoms with Crippen molar-refractivity contribution in [3.8, 4) is 5.75 Å². The number of aryl methyl sites for hydroxylation is 1. The Morgan fingerprint density at radius 2 is 1.88 bits per heavy atom. The quantitative estimate of drug-likeness (QED) is 0.870. The molecule has 0 spiro atoms. The number of hydrogen-bond donors (Lipinski definition) is 1. The fourth-order valence-electron chi connectivity index (χ4n) is 3.01. The highest BCUT2D eigenvalue weighted by atomic mass is 35.5. The Kier molecular flexibility index (Phi) is 6.71. The van der Waals surface area contributed by atoms with E-state index in [0.29, 0.717) is 36.7 Å². The van der Waals surface area contributed by atoms with Crippen LogP contribution in [0.1, 0.15) is 39.2 Å². The average Bonchev–Trinajstić information content (AvgIpc) is 2.56. The maximum Gasteiger partial charge on any atom is 0.263 e. The van der Waals surface area contributed by atoms with Gasteiger partial charge in [0.05, 0.1) is 0 Å². The Bertz CT molecular complexity index is 625. The average molecular weight is 367 g/mol. The van der Waals surface area contributed by atoms with E-state index in [0.717, 1.165) is 5.56 Å². The molecule has 0 aliphatic carbocycles. The number of rotatable bonds is 5. The lowest BCUT2D eigenvalue weighted by atomic mass is 9.95. The molecule has 1 saturated heterocycles. The first-order valence-electron chi connectivity index (χ1n) is 8.80. The zero-order chi connectivity index (χ0) is 18.6. The summed E-state index contributed by atoms with van der Waals surface area (Å²) in [6.45, 7) is 8.73. The number of benzene rings is 1. The van der Waals surface area contributed by atoms with E-state index in [1.165, 1.54) is 0 Å². The van der Waals surface area contributed by atoms with E-state index < -0.39 is 6.10 Å². The Labute approximate surface area is 154 Å². The van der Waals surface area contributed by atoms with Gasteiger partial charge in [-0.2, -0.15) is 0 Å². The van der Waals surface area contributed by atoms with Crippen molar-refractivity contribution in [2.24, 2.45) is 5.92 Å². The van der Waals surface area contributed by atoms with Crippen LogP contribution in [0.25, 0.3) is 0 Å². The van der Waals surface area contributed by atoms with Crippen LogP contribution >= 0.6 is 11.6 Å². The molecule has 5 nitrogen and oxygen atoms in total. The number of hydrogen-bond acceptors (Lipinski definition) is 3. The second-order valence-corrected chi connectivity index (χ2v) is 7.37. The number of halogens is 1. The minimum atomic E-state index is -0.569. The molecule has 1 unspecified atom stereocenters. The minimum Gasteiger partial charge on any atom is -0.481 e. The first-order valence-corrected chi connectivity index (χ1v) is 9.17. The molecule has 1 fully saturated rings. The summed E-state index contributed by atoms with van der Waals surface area (Å²) in [6, 6.07) is 5.49. The molecule has 1 aromatic carbocycles. The van der Waals surface area contributed by atoms with Crippen LogP contribution in [0.5, 0.6) is 5.75 Å². The number of likely N-dealkylation sites (tertiary alicyclic amines) is 1. The van der Waals surface area contributed by atoms with E-state index >= 15 is 0 Å². The summed E-state index contributed by atoms with van der Waals surface area (Å²) in [4.78, 5) is 26.5. The standard InChI is InChI=1S/C19H27ClN2O3/c1-12(2)21-18(23)15-7-9-22(10-8-15)19(24)14(4)25-17-6-5-16(20)11-13(17)3/h5-6,11-12,14-15H,7-10H2,1-4H3,(H,21,23). The zero-order valence-corrected chi connectivity index (χ0v) is 16.1. The minimum absolute atomic E-state index is 0.0128. The molecule has 25 heavy (non-hydrogen) atoms. The molecule has 0 aromatic heterocycles. The van der Waals surface area contributed by atoms with E-state index in [1.54, 1.807) is 24.0 Å². The van der Waals surface area contributed by atoms with E-state index in [9.17, 15) is 9.59 Å². The van der Waals surface area contributed by atoms with Crippen LogP contribution in [0, 0.1) is 12.8 Å². The van der Waals surface area contributed by atoms with Gasteiger partial charge in [-0.1, -0.05) is 11.6 Å². The predicted molar refractivity (Wildman–Crippen MR) is 98.9 cm³/mol. The van der Waals surface area contributed by atoms with Crippen LogP contribution in [0.2, 0.25) is 5.02 Å². The lowest BCUT2D eigenvalue weighted by molar-refractivity contribution is -0.141. The molecule has 0 saturated carbocycles. The molecule has 1 atom stereocenters. The lowest BCUT2D eigenvalue weighted by Gasteiger charge is -2.33. The smallest absolute Gasteiger partial charge is 0.263 e. The third kappa shape index (κ3) is 5.36. The van der Waals surface area contributed by atoms with E-state index in [4.69, 9.17) is 16.3 Å². The van der Waals surface area contributed by atoms with Crippen molar-refractivity contribution < 1.29 is 14.3 Å². The molecule has 0 bridgehead atoms. The van der Waals surface area contributed by atoms with Crippen molar-refractivity contribution in [3.63, 3.8) is 0 Å². The number of nitrogens with zero attached hydrogens (tertiary/aromatic N) is 1. The van der Waals surface area contributed by atoms with Gasteiger partial charge in [-0.05, 0) is 64.3 Å². The molecule has 0 radical (unpaired) electrons. The van der Waals surface area contributed by atoms with E-state index in [2.05, 4.69) is 5.32 Å². The molecule has 138 valence electrons. The second-order valence-electron chi connectivity index (χ2n) is 6.93. The van der Waals surface area contributed by atoms with E-state index in [1.807, 2.05) is 26.8 Å². The highest BCUT2D eigenvalue weighted by molar-refractivity contribution is 6.30. The molecule has 1 N–H and O–H groups in total. The summed E-state index contributed by atoms with van der Waals surface area (Å²) in [5.74, 6) is 0.692. The van der Waals surface area contributed by atoms with Gasteiger partial charge in [-0.15, -0.1) is 0 Å². The fraction of sp³-hybridized carbons (Fsp3) is 0.579. The van der Waals surface area contributed by atoms with Crippen LogP contribution in [-0.4, -0.2) is 41.9 Å². The Balaban J connectivity index is 1.88. The van der Waals surface area contributed by atoms with E-state index in [-0.39, 0.29) is 23.8 Å². The van der Waals surface area contributed by atoms with Gasteiger partial charge in [-0.3, -0.25) is 9.59 Å². The van der Waals surface area contributed by atoms with Crippen molar-refractivity contribution in [1.29, 1.82) is 0 Å². The van der Waals surface area contributed by atoms with Gasteiger partial charge in [0.1, 0.15) is 5.75 Å². The van der Waals surface area contributed by atoms with Gasteiger partial charge in [-0.25, -0.2) is 0 Å². The fourth-order valence-corrected chi connectivity index (χ4v) is 3.23. The maximum absolute atomic E-state index is 12.6. The normalized spacial score (nSPS) is 16.6. The van der Waals surface area contributed by atoms with Crippen molar-refractivity contribution in [1.82, 2.24) is 10.2 Å². The summed E-state index contributed by atoms with van der Waals surface area (Å²) in [5.41, 5.74) is 0.899. The monoisotopic (exact) mass is 366 g/mol. The van der Waals surface area contributed by atoms with Crippen LogP contribution in [0.4, 0.5) is 0 Å². The number of piperidine rings is 1. The van der Waals surface area contributed by atoms with Crippen molar-refractivity contribution in [3.05, 3.63) is 28.8 Å². The molecule has 2 amide bonds. The van der Waals surface area contributed by atoms with Crippen molar-refractivity contribution in [2.75, 3.05) is 13.1 Å². The highest BCUT2D eigenvalue weighted by Crippen LogP contribution is 2.24. The molecular formula is C19H27ClN2O3. The molecule has 2 rings (SSSR count). The second kappa shape index (κ2) is 8.56. The largest absolute Gasteiger partial charge is 0.481 e. The van der Waals surface area contributed by atoms with Gasteiger partial charge < -0.3 is 15.0 Å². The summed E-state index contributed by atoms with van der Waals surface area (Å²) < 4.78 is 5.81. The Morgan fingerprint density at radius 1 is 1.24 bits per heavy atom. The van der Waals surface area contributed by atoms with Gasteiger partial charge in [0.15, 0.2) is 6.10 Å². The van der Waals surface area contributed by atoms with Gasteiger partial charge in [0, 0.05) is 30.1 Å². The first kappa shape index (κ1) is 19.6. The van der Waals surface area contributed by atoms with Crippen LogP contribution < -0.4 is 10.1 Å². The highest BCUT2D eigenvalue weighted by Gasteiger charge is 2.30. The predicted octanol–water partition coefficient (Wildman–Crippen LogP) is 3.18.